The Kier molecular flexibility index (Phi) is 6.82. The van der Waals surface area contributed by atoms with Crippen LogP contribution in [0.2, 0.25) is 10.0 Å². The number of amides is 1. The van der Waals surface area contributed by atoms with Gasteiger partial charge in [-0.3, -0.25) is 14.5 Å². The number of anilines is 1. The van der Waals surface area contributed by atoms with Crippen molar-refractivity contribution in [2.24, 2.45) is 0 Å². The lowest BCUT2D eigenvalue weighted by molar-refractivity contribution is -0.132. The molecule has 1 fully saturated rings. The maximum atomic E-state index is 13.2. The van der Waals surface area contributed by atoms with Crippen molar-refractivity contribution in [3.8, 4) is 11.5 Å². The molecule has 0 radical (unpaired) electrons. The predicted molar refractivity (Wildman–Crippen MR) is 132 cm³/mol. The number of carbonyl (C=O) groups excluding carboxylic acids is 2. The summed E-state index contributed by atoms with van der Waals surface area (Å²) in [5.41, 5.74) is 1.35. The van der Waals surface area contributed by atoms with Crippen LogP contribution in [0.5, 0.6) is 11.5 Å². The number of nitrogens with zero attached hydrogens (tertiary/aromatic N) is 1. The Morgan fingerprint density at radius 1 is 1.00 bits per heavy atom. The molecule has 174 valence electrons. The van der Waals surface area contributed by atoms with Gasteiger partial charge in [-0.25, -0.2) is 0 Å². The highest BCUT2D eigenvalue weighted by Crippen LogP contribution is 2.43. The Morgan fingerprint density at radius 3 is 2.29 bits per heavy atom. The first kappa shape index (κ1) is 23.7. The van der Waals surface area contributed by atoms with E-state index in [-0.39, 0.29) is 11.3 Å². The number of benzene rings is 3. The van der Waals surface area contributed by atoms with Gasteiger partial charge in [-0.05, 0) is 67.1 Å². The van der Waals surface area contributed by atoms with Gasteiger partial charge in [0.15, 0.2) is 0 Å². The van der Waals surface area contributed by atoms with Gasteiger partial charge in [0, 0.05) is 16.3 Å². The van der Waals surface area contributed by atoms with Crippen LogP contribution in [-0.2, 0) is 9.59 Å². The zero-order valence-corrected chi connectivity index (χ0v) is 19.9. The quantitative estimate of drug-likeness (QED) is 0.255. The molecule has 1 heterocycles. The summed E-state index contributed by atoms with van der Waals surface area (Å²) >= 11 is 12.1. The third kappa shape index (κ3) is 4.34. The topological polar surface area (TPSA) is 76.1 Å². The summed E-state index contributed by atoms with van der Waals surface area (Å²) in [6.45, 7) is 2.38. The fourth-order valence-corrected chi connectivity index (χ4v) is 4.21. The number of methoxy groups -OCH3 is 1. The molecule has 1 aliphatic heterocycles. The normalized spacial score (nSPS) is 17.2. The van der Waals surface area contributed by atoms with Crippen molar-refractivity contribution < 1.29 is 24.2 Å². The van der Waals surface area contributed by atoms with E-state index in [2.05, 4.69) is 0 Å². The molecule has 4 rings (SSSR count). The molecule has 0 saturated carbocycles. The summed E-state index contributed by atoms with van der Waals surface area (Å²) in [6, 6.07) is 17.4. The number of Topliss-reactive ketones (excluding diaryl/α,β-unsaturated/α-hetero) is 1. The molecule has 1 saturated heterocycles. The molecular formula is C26H21Cl2NO5. The number of aliphatic hydroxyl groups excluding tert-OH is 1. The van der Waals surface area contributed by atoms with Crippen molar-refractivity contribution in [2.75, 3.05) is 18.6 Å². The largest absolute Gasteiger partial charge is 0.507 e. The molecular weight excluding hydrogens is 477 g/mol. The van der Waals surface area contributed by atoms with Crippen LogP contribution in [0.4, 0.5) is 5.69 Å². The van der Waals surface area contributed by atoms with E-state index in [1.807, 2.05) is 6.92 Å². The van der Waals surface area contributed by atoms with E-state index in [1.54, 1.807) is 60.7 Å². The Hall–Kier alpha value is -3.48. The minimum atomic E-state index is -0.876. The fraction of sp³-hybridized carbons (Fsp3) is 0.154. The maximum absolute atomic E-state index is 13.2. The van der Waals surface area contributed by atoms with Crippen molar-refractivity contribution in [1.29, 1.82) is 0 Å². The molecule has 34 heavy (non-hydrogen) atoms. The Balaban J connectivity index is 1.91. The Morgan fingerprint density at radius 2 is 1.68 bits per heavy atom. The zero-order chi connectivity index (χ0) is 24.4. The summed E-state index contributed by atoms with van der Waals surface area (Å²) in [7, 11) is 1.45. The van der Waals surface area contributed by atoms with E-state index in [0.29, 0.717) is 45.0 Å². The molecule has 6 nitrogen and oxygen atoms in total. The van der Waals surface area contributed by atoms with Gasteiger partial charge in [-0.2, -0.15) is 0 Å². The highest BCUT2D eigenvalue weighted by Gasteiger charge is 2.47. The summed E-state index contributed by atoms with van der Waals surface area (Å²) in [6.07, 6.45) is 0. The first-order valence-electron chi connectivity index (χ1n) is 10.5. The molecule has 1 amide bonds. The van der Waals surface area contributed by atoms with E-state index in [1.165, 1.54) is 18.1 Å². The highest BCUT2D eigenvalue weighted by molar-refractivity contribution is 6.51. The third-order valence-electron chi connectivity index (χ3n) is 5.48. The van der Waals surface area contributed by atoms with Crippen molar-refractivity contribution >= 4 is 46.3 Å². The van der Waals surface area contributed by atoms with Crippen molar-refractivity contribution in [3.63, 3.8) is 0 Å². The molecule has 0 spiro atoms. The zero-order valence-electron chi connectivity index (χ0n) is 18.4. The number of ether oxygens (including phenoxy) is 2. The van der Waals surface area contributed by atoms with Crippen LogP contribution in [0.1, 0.15) is 24.1 Å². The second kappa shape index (κ2) is 9.79. The Labute approximate surface area is 206 Å². The highest BCUT2D eigenvalue weighted by atomic mass is 35.5. The summed E-state index contributed by atoms with van der Waals surface area (Å²) in [4.78, 5) is 27.8. The SMILES string of the molecule is CCOc1ccc(C2/C(=C(/O)c3ccc(Cl)c(OC)c3)C(=O)C(=O)N2c2ccc(Cl)cc2)cc1. The minimum Gasteiger partial charge on any atom is -0.507 e. The fourth-order valence-electron chi connectivity index (χ4n) is 3.89. The van der Waals surface area contributed by atoms with Gasteiger partial charge < -0.3 is 14.6 Å². The van der Waals surface area contributed by atoms with Gasteiger partial charge in [0.25, 0.3) is 11.7 Å². The number of halogens is 2. The molecule has 3 aromatic carbocycles. The monoisotopic (exact) mass is 497 g/mol. The standard InChI is InChI=1S/C26H21Cl2NO5/c1-3-34-19-11-4-15(5-12-19)23-22(24(30)16-6-13-20(28)21(14-16)33-2)25(31)26(32)29(23)18-9-7-17(27)8-10-18/h4-14,23,30H,3H2,1-2H3/b24-22-. The lowest BCUT2D eigenvalue weighted by atomic mass is 9.95. The number of aliphatic hydroxyl groups is 1. The van der Waals surface area contributed by atoms with Crippen LogP contribution >= 0.6 is 23.2 Å². The van der Waals surface area contributed by atoms with Crippen molar-refractivity contribution in [3.05, 3.63) is 93.5 Å². The predicted octanol–water partition coefficient (Wildman–Crippen LogP) is 6.03. The van der Waals surface area contributed by atoms with Crippen LogP contribution in [0.3, 0.4) is 0 Å². The van der Waals surface area contributed by atoms with E-state index in [0.717, 1.165) is 0 Å². The number of hydrogen-bond acceptors (Lipinski definition) is 5. The molecule has 1 unspecified atom stereocenters. The first-order chi connectivity index (χ1) is 16.3. The summed E-state index contributed by atoms with van der Waals surface area (Å²) < 4.78 is 10.8. The molecule has 8 heteroatoms. The lowest BCUT2D eigenvalue weighted by Crippen LogP contribution is -2.29. The van der Waals surface area contributed by atoms with E-state index >= 15 is 0 Å². The van der Waals surface area contributed by atoms with Gasteiger partial charge in [0.1, 0.15) is 17.3 Å². The first-order valence-corrected chi connectivity index (χ1v) is 11.2. The van der Waals surface area contributed by atoms with E-state index in [4.69, 9.17) is 32.7 Å². The lowest BCUT2D eigenvalue weighted by Gasteiger charge is -2.25. The van der Waals surface area contributed by atoms with Gasteiger partial charge in [-0.15, -0.1) is 0 Å². The number of rotatable bonds is 6. The number of hydrogen-bond donors (Lipinski definition) is 1. The van der Waals surface area contributed by atoms with Gasteiger partial charge in [0.05, 0.1) is 30.4 Å². The number of ketones is 1. The Bertz CT molecular complexity index is 1270. The molecule has 1 aliphatic rings. The smallest absolute Gasteiger partial charge is 0.300 e. The molecule has 1 atom stereocenters. The van der Waals surface area contributed by atoms with Gasteiger partial charge in [0.2, 0.25) is 0 Å². The average Bonchev–Trinajstić information content (AvgIpc) is 3.10. The second-order valence-electron chi connectivity index (χ2n) is 7.50. The average molecular weight is 498 g/mol. The van der Waals surface area contributed by atoms with Crippen LogP contribution < -0.4 is 14.4 Å². The summed E-state index contributed by atoms with van der Waals surface area (Å²) in [5.74, 6) is -0.917. The van der Waals surface area contributed by atoms with Gasteiger partial charge in [-0.1, -0.05) is 35.3 Å². The van der Waals surface area contributed by atoms with Gasteiger partial charge >= 0.3 is 0 Å². The summed E-state index contributed by atoms with van der Waals surface area (Å²) in [5, 5.41) is 12.1. The molecule has 0 aromatic heterocycles. The molecule has 3 aromatic rings. The van der Waals surface area contributed by atoms with Crippen molar-refractivity contribution in [2.45, 2.75) is 13.0 Å². The maximum Gasteiger partial charge on any atom is 0.300 e. The van der Waals surface area contributed by atoms with Crippen LogP contribution in [0, 0.1) is 0 Å². The molecule has 0 aliphatic carbocycles. The molecule has 0 bridgehead atoms. The minimum absolute atomic E-state index is 0.0477. The van der Waals surface area contributed by atoms with E-state index in [9.17, 15) is 14.7 Å². The second-order valence-corrected chi connectivity index (χ2v) is 8.34. The van der Waals surface area contributed by atoms with Crippen LogP contribution in [0.25, 0.3) is 5.76 Å². The number of carbonyl (C=O) groups is 2. The van der Waals surface area contributed by atoms with E-state index < -0.39 is 17.7 Å². The third-order valence-corrected chi connectivity index (χ3v) is 6.04. The van der Waals surface area contributed by atoms with Crippen LogP contribution in [0.15, 0.2) is 72.3 Å². The van der Waals surface area contributed by atoms with Crippen molar-refractivity contribution in [1.82, 2.24) is 0 Å². The molecule has 1 N–H and O–H groups in total. The van der Waals surface area contributed by atoms with Crippen LogP contribution in [-0.4, -0.2) is 30.5 Å².